The summed E-state index contributed by atoms with van der Waals surface area (Å²) in [6, 6.07) is 22.5. The van der Waals surface area contributed by atoms with Gasteiger partial charge in [-0.05, 0) is 72.8 Å². The third-order valence-corrected chi connectivity index (χ3v) is 6.32. The smallest absolute Gasteiger partial charge is 0.268 e. The van der Waals surface area contributed by atoms with Gasteiger partial charge in [0.1, 0.15) is 11.5 Å². The van der Waals surface area contributed by atoms with Crippen LogP contribution < -0.4 is 26.0 Å². The van der Waals surface area contributed by atoms with Crippen LogP contribution in [0.25, 0.3) is 0 Å². The SMILES string of the molecule is Nc1cccc2c1C(=O)N(c1ccc(Oc3ccc(N4C(=O)c5cccc(N)c5C4=O)cc3)cc1)C2=O. The van der Waals surface area contributed by atoms with Crippen molar-refractivity contribution in [1.29, 1.82) is 0 Å². The number of hydrogen-bond donors (Lipinski definition) is 2. The van der Waals surface area contributed by atoms with Gasteiger partial charge in [-0.15, -0.1) is 0 Å². The summed E-state index contributed by atoms with van der Waals surface area (Å²) in [5.41, 5.74) is 14.0. The molecule has 6 rings (SSSR count). The van der Waals surface area contributed by atoms with E-state index < -0.39 is 23.6 Å². The summed E-state index contributed by atoms with van der Waals surface area (Å²) in [6.07, 6.45) is 0. The Morgan fingerprint density at radius 3 is 1.22 bits per heavy atom. The molecule has 0 saturated carbocycles. The van der Waals surface area contributed by atoms with Gasteiger partial charge < -0.3 is 16.2 Å². The molecule has 4 aromatic carbocycles. The van der Waals surface area contributed by atoms with E-state index in [4.69, 9.17) is 16.2 Å². The number of fused-ring (bicyclic) bond motifs is 2. The van der Waals surface area contributed by atoms with E-state index in [0.29, 0.717) is 22.9 Å². The highest BCUT2D eigenvalue weighted by atomic mass is 16.5. The molecule has 9 nitrogen and oxygen atoms in total. The molecular weight excluding hydrogens is 472 g/mol. The van der Waals surface area contributed by atoms with E-state index >= 15 is 0 Å². The number of carbonyl (C=O) groups is 4. The number of nitrogens with zero attached hydrogens (tertiary/aromatic N) is 2. The Morgan fingerprint density at radius 2 is 0.865 bits per heavy atom. The summed E-state index contributed by atoms with van der Waals surface area (Å²) in [6.45, 7) is 0. The molecule has 0 aliphatic carbocycles. The van der Waals surface area contributed by atoms with Crippen LogP contribution >= 0.6 is 0 Å². The minimum absolute atomic E-state index is 0.202. The first-order valence-electron chi connectivity index (χ1n) is 11.3. The molecule has 4 N–H and O–H groups in total. The largest absolute Gasteiger partial charge is 0.457 e. The number of rotatable bonds is 4. The van der Waals surface area contributed by atoms with Crippen LogP contribution in [-0.4, -0.2) is 23.6 Å². The molecule has 37 heavy (non-hydrogen) atoms. The van der Waals surface area contributed by atoms with Crippen molar-refractivity contribution >= 4 is 46.4 Å². The molecule has 2 heterocycles. The van der Waals surface area contributed by atoms with E-state index in [1.807, 2.05) is 0 Å². The van der Waals surface area contributed by atoms with Gasteiger partial charge in [-0.2, -0.15) is 0 Å². The van der Waals surface area contributed by atoms with Crippen LogP contribution in [-0.2, 0) is 0 Å². The summed E-state index contributed by atoms with van der Waals surface area (Å²) in [7, 11) is 0. The highest BCUT2D eigenvalue weighted by Crippen LogP contribution is 2.35. The predicted molar refractivity (Wildman–Crippen MR) is 137 cm³/mol. The molecule has 0 atom stereocenters. The second kappa shape index (κ2) is 8.06. The monoisotopic (exact) mass is 490 g/mol. The van der Waals surface area contributed by atoms with Crippen LogP contribution in [0.5, 0.6) is 11.5 Å². The molecule has 0 fully saturated rings. The second-order valence-corrected chi connectivity index (χ2v) is 8.52. The van der Waals surface area contributed by atoms with E-state index in [2.05, 4.69) is 0 Å². The van der Waals surface area contributed by atoms with E-state index in [1.54, 1.807) is 84.9 Å². The third kappa shape index (κ3) is 3.33. The molecule has 0 saturated heterocycles. The van der Waals surface area contributed by atoms with Crippen molar-refractivity contribution in [2.45, 2.75) is 0 Å². The Bertz CT molecular complexity index is 1520. The Labute approximate surface area is 210 Å². The van der Waals surface area contributed by atoms with Crippen molar-refractivity contribution in [3.05, 3.63) is 107 Å². The fourth-order valence-corrected chi connectivity index (χ4v) is 4.55. The van der Waals surface area contributed by atoms with E-state index in [0.717, 1.165) is 9.80 Å². The van der Waals surface area contributed by atoms with Gasteiger partial charge in [0, 0.05) is 11.4 Å². The van der Waals surface area contributed by atoms with Crippen LogP contribution in [0.3, 0.4) is 0 Å². The number of benzene rings is 4. The molecule has 2 aliphatic heterocycles. The Balaban J connectivity index is 1.19. The minimum Gasteiger partial charge on any atom is -0.457 e. The maximum Gasteiger partial charge on any atom is 0.268 e. The van der Waals surface area contributed by atoms with Gasteiger partial charge in [0.2, 0.25) is 0 Å². The Hall–Kier alpha value is -5.44. The maximum atomic E-state index is 12.8. The second-order valence-electron chi connectivity index (χ2n) is 8.52. The van der Waals surface area contributed by atoms with Crippen LogP contribution in [0.2, 0.25) is 0 Å². The van der Waals surface area contributed by atoms with Crippen molar-refractivity contribution in [2.24, 2.45) is 0 Å². The Morgan fingerprint density at radius 1 is 0.486 bits per heavy atom. The molecular formula is C28H18N4O5. The first-order valence-corrected chi connectivity index (χ1v) is 11.3. The summed E-state index contributed by atoms with van der Waals surface area (Å²) in [5.74, 6) is -0.908. The average Bonchev–Trinajstić information content (AvgIpc) is 3.31. The van der Waals surface area contributed by atoms with Crippen LogP contribution in [0, 0.1) is 0 Å². The third-order valence-electron chi connectivity index (χ3n) is 6.32. The molecule has 0 bridgehead atoms. The van der Waals surface area contributed by atoms with Gasteiger partial charge in [-0.25, -0.2) is 9.80 Å². The lowest BCUT2D eigenvalue weighted by atomic mass is 10.1. The van der Waals surface area contributed by atoms with Gasteiger partial charge in [-0.3, -0.25) is 19.2 Å². The van der Waals surface area contributed by atoms with Crippen molar-refractivity contribution in [2.75, 3.05) is 21.3 Å². The van der Waals surface area contributed by atoms with Gasteiger partial charge in [0.05, 0.1) is 33.6 Å². The number of nitrogens with two attached hydrogens (primary N) is 2. The van der Waals surface area contributed by atoms with E-state index in [9.17, 15) is 19.2 Å². The van der Waals surface area contributed by atoms with Crippen LogP contribution in [0.15, 0.2) is 84.9 Å². The number of hydrogen-bond acceptors (Lipinski definition) is 7. The first-order chi connectivity index (χ1) is 17.8. The summed E-state index contributed by atoms with van der Waals surface area (Å²) >= 11 is 0. The number of imide groups is 2. The van der Waals surface area contributed by atoms with Crippen molar-refractivity contribution in [1.82, 2.24) is 0 Å². The van der Waals surface area contributed by atoms with Gasteiger partial charge in [-0.1, -0.05) is 12.1 Å². The fourth-order valence-electron chi connectivity index (χ4n) is 4.55. The van der Waals surface area contributed by atoms with Gasteiger partial charge in [0.15, 0.2) is 0 Å². The topological polar surface area (TPSA) is 136 Å². The molecule has 9 heteroatoms. The molecule has 2 aliphatic rings. The number of ether oxygens (including phenoxy) is 1. The number of carbonyl (C=O) groups excluding carboxylic acids is 4. The first kappa shape index (κ1) is 22.1. The normalized spacial score (nSPS) is 14.3. The zero-order chi connectivity index (χ0) is 25.8. The van der Waals surface area contributed by atoms with Gasteiger partial charge >= 0.3 is 0 Å². The molecule has 0 spiro atoms. The average molecular weight is 490 g/mol. The maximum absolute atomic E-state index is 12.8. The molecule has 180 valence electrons. The van der Waals surface area contributed by atoms with E-state index in [-0.39, 0.29) is 33.6 Å². The van der Waals surface area contributed by atoms with Gasteiger partial charge in [0.25, 0.3) is 23.6 Å². The van der Waals surface area contributed by atoms with Crippen molar-refractivity contribution in [3.8, 4) is 11.5 Å². The lowest BCUT2D eigenvalue weighted by Crippen LogP contribution is -2.29. The van der Waals surface area contributed by atoms with Crippen LogP contribution in [0.4, 0.5) is 22.7 Å². The lowest BCUT2D eigenvalue weighted by Gasteiger charge is -2.16. The molecule has 4 amide bonds. The fraction of sp³-hybridized carbons (Fsp3) is 0. The molecule has 0 aromatic heterocycles. The lowest BCUT2D eigenvalue weighted by molar-refractivity contribution is 0.0910. The highest BCUT2D eigenvalue weighted by molar-refractivity contribution is 6.36. The number of anilines is 4. The Kier molecular flexibility index (Phi) is 4.80. The molecule has 4 aromatic rings. The molecule has 0 radical (unpaired) electrons. The molecule has 0 unspecified atom stereocenters. The zero-order valence-electron chi connectivity index (χ0n) is 19.2. The van der Waals surface area contributed by atoms with Crippen molar-refractivity contribution < 1.29 is 23.9 Å². The summed E-state index contributed by atoms with van der Waals surface area (Å²) in [4.78, 5) is 53.3. The highest BCUT2D eigenvalue weighted by Gasteiger charge is 2.39. The quantitative estimate of drug-likeness (QED) is 0.322. The van der Waals surface area contributed by atoms with E-state index in [1.165, 1.54) is 0 Å². The number of amides is 4. The number of nitrogen functional groups attached to an aromatic ring is 2. The summed E-state index contributed by atoms with van der Waals surface area (Å²) in [5, 5.41) is 0. The minimum atomic E-state index is -0.475. The van der Waals surface area contributed by atoms with Crippen molar-refractivity contribution in [3.63, 3.8) is 0 Å². The standard InChI is InChI=1S/C28H18N4O5/c29-21-5-1-3-19-23(21)27(35)31(25(19)33)15-7-11-17(12-8-15)37-18-13-9-16(10-14-18)32-26(34)20-4-2-6-22(30)24(20)28(32)36/h1-14H,29-30H2. The van der Waals surface area contributed by atoms with Crippen LogP contribution in [0.1, 0.15) is 41.4 Å². The zero-order valence-corrected chi connectivity index (χ0v) is 19.2. The summed E-state index contributed by atoms with van der Waals surface area (Å²) < 4.78 is 5.87. The predicted octanol–water partition coefficient (Wildman–Crippen LogP) is 4.24.